The van der Waals surface area contributed by atoms with Gasteiger partial charge in [-0.05, 0) is 13.3 Å². The predicted octanol–water partition coefficient (Wildman–Crippen LogP) is 0.697. The van der Waals surface area contributed by atoms with E-state index in [0.717, 1.165) is 44.8 Å². The Kier molecular flexibility index (Phi) is 4.90. The first-order valence-electron chi connectivity index (χ1n) is 6.80. The lowest BCUT2D eigenvalue weighted by atomic mass is 10.2. The second kappa shape index (κ2) is 6.45. The van der Waals surface area contributed by atoms with E-state index < -0.39 is 6.04 Å². The molecule has 0 unspecified atom stereocenters. The molecule has 1 amide bonds. The Morgan fingerprint density at radius 3 is 2.68 bits per heavy atom. The highest BCUT2D eigenvalue weighted by molar-refractivity contribution is 7.09. The lowest BCUT2D eigenvalue weighted by Gasteiger charge is -2.35. The number of nitrogens with zero attached hydrogens (tertiary/aromatic N) is 3. The van der Waals surface area contributed by atoms with Crippen molar-refractivity contribution in [2.75, 3.05) is 26.2 Å². The van der Waals surface area contributed by atoms with Crippen LogP contribution in [0.3, 0.4) is 0 Å². The Bertz CT molecular complexity index is 424. The maximum atomic E-state index is 11.8. The second-order valence-corrected chi connectivity index (χ2v) is 5.92. The molecule has 2 rings (SSSR count). The van der Waals surface area contributed by atoms with Crippen molar-refractivity contribution < 1.29 is 4.79 Å². The van der Waals surface area contributed by atoms with E-state index in [1.165, 1.54) is 5.01 Å². The van der Waals surface area contributed by atoms with Gasteiger partial charge in [0.2, 0.25) is 5.91 Å². The van der Waals surface area contributed by atoms with Gasteiger partial charge in [-0.3, -0.25) is 9.69 Å². The van der Waals surface area contributed by atoms with Crippen LogP contribution >= 0.6 is 11.3 Å². The van der Waals surface area contributed by atoms with Gasteiger partial charge in [0.05, 0.1) is 16.7 Å². The minimum absolute atomic E-state index is 0.0570. The van der Waals surface area contributed by atoms with Crippen molar-refractivity contribution in [3.8, 4) is 0 Å². The van der Waals surface area contributed by atoms with Crippen LogP contribution in [0.2, 0.25) is 0 Å². The molecule has 1 aliphatic heterocycles. The molecule has 0 aromatic carbocycles. The first kappa shape index (κ1) is 14.4. The Balaban J connectivity index is 1.81. The average molecular weight is 282 g/mol. The lowest BCUT2D eigenvalue weighted by Crippen LogP contribution is -2.52. The maximum Gasteiger partial charge on any atom is 0.239 e. The van der Waals surface area contributed by atoms with Crippen LogP contribution < -0.4 is 5.73 Å². The van der Waals surface area contributed by atoms with Crippen LogP contribution in [0.25, 0.3) is 0 Å². The van der Waals surface area contributed by atoms with Crippen molar-refractivity contribution in [1.82, 2.24) is 14.8 Å². The molecule has 1 aromatic heterocycles. The summed E-state index contributed by atoms with van der Waals surface area (Å²) in [4.78, 5) is 20.6. The lowest BCUT2D eigenvalue weighted by molar-refractivity contribution is -0.134. The smallest absolute Gasteiger partial charge is 0.239 e. The third kappa shape index (κ3) is 3.75. The largest absolute Gasteiger partial charge is 0.339 e. The molecule has 2 N–H and O–H groups in total. The van der Waals surface area contributed by atoms with Crippen molar-refractivity contribution in [1.29, 1.82) is 0 Å². The van der Waals surface area contributed by atoms with E-state index in [0.29, 0.717) is 0 Å². The highest BCUT2D eigenvalue weighted by atomic mass is 32.1. The zero-order valence-electron chi connectivity index (χ0n) is 11.6. The van der Waals surface area contributed by atoms with E-state index in [-0.39, 0.29) is 5.91 Å². The number of carbonyl (C=O) groups is 1. The van der Waals surface area contributed by atoms with Gasteiger partial charge in [-0.25, -0.2) is 4.98 Å². The molecule has 0 saturated carbocycles. The number of thiazole rings is 1. The zero-order valence-corrected chi connectivity index (χ0v) is 12.4. The number of nitrogens with two attached hydrogens (primary N) is 1. The molecule has 0 radical (unpaired) electrons. The van der Waals surface area contributed by atoms with E-state index in [2.05, 4.69) is 22.2 Å². The SMILES string of the molecule is CCc1nc(CN2CCN(C(=O)[C@@H](C)N)CC2)cs1. The summed E-state index contributed by atoms with van der Waals surface area (Å²) < 4.78 is 0. The summed E-state index contributed by atoms with van der Waals surface area (Å²) in [5.41, 5.74) is 6.78. The third-order valence-electron chi connectivity index (χ3n) is 3.36. The molecule has 2 heterocycles. The minimum Gasteiger partial charge on any atom is -0.339 e. The highest BCUT2D eigenvalue weighted by Crippen LogP contribution is 2.13. The van der Waals surface area contributed by atoms with Crippen molar-refractivity contribution in [2.45, 2.75) is 32.9 Å². The molecule has 1 aromatic rings. The quantitative estimate of drug-likeness (QED) is 0.883. The first-order chi connectivity index (χ1) is 9.10. The molecule has 0 spiro atoms. The number of rotatable bonds is 4. The summed E-state index contributed by atoms with van der Waals surface area (Å²) in [6.45, 7) is 8.10. The topological polar surface area (TPSA) is 62.5 Å². The van der Waals surface area contributed by atoms with Crippen LogP contribution in [0.4, 0.5) is 0 Å². The molecule has 1 aliphatic rings. The number of hydrogen-bond acceptors (Lipinski definition) is 5. The Morgan fingerprint density at radius 2 is 2.16 bits per heavy atom. The molecule has 0 aliphatic carbocycles. The van der Waals surface area contributed by atoms with Gasteiger partial charge in [-0.15, -0.1) is 11.3 Å². The Hall–Kier alpha value is -0.980. The molecule has 19 heavy (non-hydrogen) atoms. The fourth-order valence-corrected chi connectivity index (χ4v) is 2.96. The van der Waals surface area contributed by atoms with Gasteiger partial charge in [0.15, 0.2) is 0 Å². The Morgan fingerprint density at radius 1 is 1.47 bits per heavy atom. The fraction of sp³-hybridized carbons (Fsp3) is 0.692. The second-order valence-electron chi connectivity index (χ2n) is 4.98. The molecular weight excluding hydrogens is 260 g/mol. The molecule has 0 bridgehead atoms. The third-order valence-corrected chi connectivity index (χ3v) is 4.40. The van der Waals surface area contributed by atoms with Crippen LogP contribution in [0.1, 0.15) is 24.5 Å². The van der Waals surface area contributed by atoms with Crippen molar-refractivity contribution >= 4 is 17.2 Å². The van der Waals surface area contributed by atoms with E-state index in [9.17, 15) is 4.79 Å². The number of aryl methyl sites for hydroxylation is 1. The van der Waals surface area contributed by atoms with Gasteiger partial charge in [-0.2, -0.15) is 0 Å². The molecular formula is C13H22N4OS. The van der Waals surface area contributed by atoms with Crippen molar-refractivity contribution in [3.63, 3.8) is 0 Å². The molecule has 1 fully saturated rings. The highest BCUT2D eigenvalue weighted by Gasteiger charge is 2.23. The van der Waals surface area contributed by atoms with E-state index in [1.807, 2.05) is 4.90 Å². The number of hydrogen-bond donors (Lipinski definition) is 1. The van der Waals surface area contributed by atoms with E-state index in [1.54, 1.807) is 18.3 Å². The number of amides is 1. The monoisotopic (exact) mass is 282 g/mol. The zero-order chi connectivity index (χ0) is 13.8. The summed E-state index contributed by atoms with van der Waals surface area (Å²) in [7, 11) is 0. The van der Waals surface area contributed by atoms with Gasteiger partial charge in [-0.1, -0.05) is 6.92 Å². The van der Waals surface area contributed by atoms with Gasteiger partial charge >= 0.3 is 0 Å². The summed E-state index contributed by atoms with van der Waals surface area (Å²) in [6, 6.07) is -0.391. The average Bonchev–Trinajstić information content (AvgIpc) is 2.86. The summed E-state index contributed by atoms with van der Waals surface area (Å²) in [5, 5.41) is 3.33. The summed E-state index contributed by atoms with van der Waals surface area (Å²) >= 11 is 1.73. The molecule has 1 atom stereocenters. The van der Waals surface area contributed by atoms with Crippen LogP contribution in [-0.4, -0.2) is 52.9 Å². The van der Waals surface area contributed by atoms with Crippen LogP contribution in [0.5, 0.6) is 0 Å². The van der Waals surface area contributed by atoms with Gasteiger partial charge in [0, 0.05) is 38.1 Å². The van der Waals surface area contributed by atoms with Gasteiger partial charge in [0.1, 0.15) is 0 Å². The van der Waals surface area contributed by atoms with Gasteiger partial charge < -0.3 is 10.6 Å². The molecule has 5 nitrogen and oxygen atoms in total. The summed E-state index contributed by atoms with van der Waals surface area (Å²) in [5.74, 6) is 0.0570. The normalized spacial score (nSPS) is 18.6. The van der Waals surface area contributed by atoms with Crippen LogP contribution in [0, 0.1) is 0 Å². The van der Waals surface area contributed by atoms with E-state index in [4.69, 9.17) is 5.73 Å². The predicted molar refractivity (Wildman–Crippen MR) is 77.0 cm³/mol. The number of aromatic nitrogens is 1. The maximum absolute atomic E-state index is 11.8. The van der Waals surface area contributed by atoms with Gasteiger partial charge in [0.25, 0.3) is 0 Å². The standard InChI is InChI=1S/C13H22N4OS/c1-3-12-15-11(9-19-12)8-16-4-6-17(7-5-16)13(18)10(2)14/h9-10H,3-8,14H2,1-2H3/t10-/m1/s1. The number of carbonyl (C=O) groups excluding carboxylic acids is 1. The van der Waals surface area contributed by atoms with Crippen LogP contribution in [-0.2, 0) is 17.8 Å². The Labute approximate surface area is 118 Å². The fourth-order valence-electron chi connectivity index (χ4n) is 2.23. The molecule has 106 valence electrons. The van der Waals surface area contributed by atoms with Crippen molar-refractivity contribution in [3.05, 3.63) is 16.1 Å². The van der Waals surface area contributed by atoms with E-state index >= 15 is 0 Å². The minimum atomic E-state index is -0.391. The first-order valence-corrected chi connectivity index (χ1v) is 7.68. The molecule has 6 heteroatoms. The number of piperazine rings is 1. The van der Waals surface area contributed by atoms with Crippen LogP contribution in [0.15, 0.2) is 5.38 Å². The molecule has 1 saturated heterocycles. The van der Waals surface area contributed by atoms with Crippen molar-refractivity contribution in [2.24, 2.45) is 5.73 Å². The summed E-state index contributed by atoms with van der Waals surface area (Å²) in [6.07, 6.45) is 1.00.